The van der Waals surface area contributed by atoms with Crippen molar-refractivity contribution in [2.24, 2.45) is 5.92 Å². The smallest absolute Gasteiger partial charge is 0.303 e. The lowest BCUT2D eigenvalue weighted by Gasteiger charge is -2.26. The molecule has 0 unspecified atom stereocenters. The van der Waals surface area contributed by atoms with Crippen LogP contribution >= 0.6 is 0 Å². The van der Waals surface area contributed by atoms with Gasteiger partial charge in [-0.1, -0.05) is 13.8 Å². The molecule has 0 heterocycles. The first kappa shape index (κ1) is 19.9. The lowest BCUT2D eigenvalue weighted by Crippen LogP contribution is -2.47. The van der Waals surface area contributed by atoms with Gasteiger partial charge in [0.15, 0.2) is 0 Å². The van der Waals surface area contributed by atoms with E-state index in [1.165, 1.54) is 0 Å². The van der Waals surface area contributed by atoms with Gasteiger partial charge < -0.3 is 20.2 Å². The molecule has 0 saturated heterocycles. The summed E-state index contributed by atoms with van der Waals surface area (Å²) in [6.45, 7) is 6.24. The molecule has 0 aliphatic heterocycles. The Morgan fingerprint density at radius 3 is 2.24 bits per heavy atom. The minimum atomic E-state index is -0.799. The number of carbonyl (C=O) groups is 2. The Kier molecular flexibility index (Phi) is 9.99. The molecule has 6 nitrogen and oxygen atoms in total. The van der Waals surface area contributed by atoms with Gasteiger partial charge in [-0.3, -0.25) is 9.59 Å². The molecular weight excluding hydrogens is 270 g/mol. The van der Waals surface area contributed by atoms with E-state index in [0.717, 1.165) is 13.0 Å². The van der Waals surface area contributed by atoms with E-state index in [2.05, 4.69) is 19.2 Å². The van der Waals surface area contributed by atoms with Crippen LogP contribution in [-0.4, -0.2) is 73.6 Å². The molecule has 0 radical (unpaired) electrons. The molecule has 0 aromatic carbocycles. The number of hydrogen-bond donors (Lipinski definition) is 2. The fraction of sp³-hybridized carbons (Fsp3) is 0.867. The van der Waals surface area contributed by atoms with Crippen molar-refractivity contribution < 1.29 is 14.7 Å². The Morgan fingerprint density at radius 2 is 1.76 bits per heavy atom. The van der Waals surface area contributed by atoms with E-state index < -0.39 is 5.97 Å². The van der Waals surface area contributed by atoms with Gasteiger partial charge in [0.1, 0.15) is 0 Å². The molecule has 0 saturated carbocycles. The van der Waals surface area contributed by atoms with Crippen molar-refractivity contribution in [3.63, 3.8) is 0 Å². The first-order valence-corrected chi connectivity index (χ1v) is 7.59. The molecule has 6 heteroatoms. The van der Waals surface area contributed by atoms with Crippen molar-refractivity contribution in [2.45, 2.75) is 39.2 Å². The van der Waals surface area contributed by atoms with Crippen LogP contribution in [0, 0.1) is 5.92 Å². The largest absolute Gasteiger partial charge is 0.481 e. The number of nitrogens with one attached hydrogen (secondary N) is 1. The molecule has 0 aromatic heterocycles. The number of hydrogen-bond acceptors (Lipinski definition) is 4. The lowest BCUT2D eigenvalue weighted by atomic mass is 10.0. The van der Waals surface area contributed by atoms with Crippen LogP contribution in [-0.2, 0) is 9.59 Å². The Hall–Kier alpha value is -1.14. The van der Waals surface area contributed by atoms with E-state index in [9.17, 15) is 9.59 Å². The van der Waals surface area contributed by atoms with Gasteiger partial charge in [0, 0.05) is 26.6 Å². The Bertz CT molecular complexity index is 319. The molecule has 124 valence electrons. The van der Waals surface area contributed by atoms with Gasteiger partial charge in [-0.2, -0.15) is 0 Å². The van der Waals surface area contributed by atoms with Gasteiger partial charge in [-0.25, -0.2) is 0 Å². The highest BCUT2D eigenvalue weighted by Crippen LogP contribution is 2.08. The highest BCUT2D eigenvalue weighted by atomic mass is 16.4. The average molecular weight is 301 g/mol. The third-order valence-corrected chi connectivity index (χ3v) is 3.22. The lowest BCUT2D eigenvalue weighted by molar-refractivity contribution is -0.137. The highest BCUT2D eigenvalue weighted by molar-refractivity contribution is 5.81. The van der Waals surface area contributed by atoms with Crippen LogP contribution in [0.4, 0.5) is 0 Å². The summed E-state index contributed by atoms with van der Waals surface area (Å²) in [7, 11) is 5.78. The monoisotopic (exact) mass is 301 g/mol. The highest BCUT2D eigenvalue weighted by Gasteiger charge is 2.22. The minimum Gasteiger partial charge on any atom is -0.481 e. The second-order valence-corrected chi connectivity index (χ2v) is 6.20. The summed E-state index contributed by atoms with van der Waals surface area (Å²) >= 11 is 0. The SMILES string of the molecule is CC(C)C[C@H](NCCCC(=O)O)C(=O)N(C)CCN(C)C. The van der Waals surface area contributed by atoms with Gasteiger partial charge >= 0.3 is 5.97 Å². The van der Waals surface area contributed by atoms with Crippen LogP contribution in [0.25, 0.3) is 0 Å². The van der Waals surface area contributed by atoms with Crippen LogP contribution in [0.15, 0.2) is 0 Å². The van der Waals surface area contributed by atoms with Gasteiger partial charge in [0.25, 0.3) is 0 Å². The molecule has 1 atom stereocenters. The summed E-state index contributed by atoms with van der Waals surface area (Å²) in [4.78, 5) is 26.7. The zero-order valence-electron chi connectivity index (χ0n) is 14.1. The molecule has 21 heavy (non-hydrogen) atoms. The Balaban J connectivity index is 4.36. The van der Waals surface area contributed by atoms with Gasteiger partial charge in [0.2, 0.25) is 5.91 Å². The van der Waals surface area contributed by atoms with E-state index in [-0.39, 0.29) is 18.4 Å². The zero-order chi connectivity index (χ0) is 16.4. The standard InChI is InChI=1S/C15H31N3O3/c1-12(2)11-13(16-8-6-7-14(19)20)15(21)18(5)10-9-17(3)4/h12-13,16H,6-11H2,1-5H3,(H,19,20)/t13-/m0/s1. The maximum atomic E-state index is 12.4. The second kappa shape index (κ2) is 10.6. The van der Waals surface area contributed by atoms with E-state index in [1.54, 1.807) is 4.90 Å². The maximum absolute atomic E-state index is 12.4. The molecule has 1 amide bonds. The normalized spacial score (nSPS) is 12.7. The molecule has 0 spiro atoms. The number of carboxylic acids is 1. The molecule has 0 rings (SSSR count). The number of aliphatic carboxylic acids is 1. The van der Waals surface area contributed by atoms with Crippen molar-refractivity contribution in [2.75, 3.05) is 40.8 Å². The van der Waals surface area contributed by atoms with Gasteiger partial charge in [-0.05, 0) is 39.4 Å². The number of amides is 1. The molecule has 2 N–H and O–H groups in total. The predicted octanol–water partition coefficient (Wildman–Crippen LogP) is 0.876. The first-order chi connectivity index (χ1) is 9.73. The molecule has 0 bridgehead atoms. The van der Waals surface area contributed by atoms with E-state index in [4.69, 9.17) is 5.11 Å². The number of carboxylic acid groups (broad SMARTS) is 1. The van der Waals surface area contributed by atoms with Crippen molar-refractivity contribution in [1.29, 1.82) is 0 Å². The first-order valence-electron chi connectivity index (χ1n) is 7.59. The van der Waals surface area contributed by atoms with E-state index in [1.807, 2.05) is 26.0 Å². The Morgan fingerprint density at radius 1 is 1.14 bits per heavy atom. The predicted molar refractivity (Wildman–Crippen MR) is 84.3 cm³/mol. The molecular formula is C15H31N3O3. The summed E-state index contributed by atoms with van der Waals surface area (Å²) in [5, 5.41) is 11.8. The summed E-state index contributed by atoms with van der Waals surface area (Å²) < 4.78 is 0. The third kappa shape index (κ3) is 10.3. The zero-order valence-corrected chi connectivity index (χ0v) is 14.1. The summed E-state index contributed by atoms with van der Waals surface area (Å²) in [5.41, 5.74) is 0. The fourth-order valence-corrected chi connectivity index (χ4v) is 1.98. The molecule has 0 aliphatic carbocycles. The fourth-order valence-electron chi connectivity index (χ4n) is 1.98. The number of nitrogens with zero attached hydrogens (tertiary/aromatic N) is 2. The molecule has 0 aromatic rings. The second-order valence-electron chi connectivity index (χ2n) is 6.20. The molecule has 0 aliphatic rings. The van der Waals surface area contributed by atoms with Gasteiger partial charge in [0.05, 0.1) is 6.04 Å². The van der Waals surface area contributed by atoms with E-state index in [0.29, 0.717) is 25.4 Å². The maximum Gasteiger partial charge on any atom is 0.303 e. The number of rotatable bonds is 11. The summed E-state index contributed by atoms with van der Waals surface area (Å²) in [6, 6.07) is -0.231. The van der Waals surface area contributed by atoms with Crippen molar-refractivity contribution in [1.82, 2.24) is 15.1 Å². The molecule has 0 fully saturated rings. The summed E-state index contributed by atoms with van der Waals surface area (Å²) in [5.74, 6) is -0.305. The third-order valence-electron chi connectivity index (χ3n) is 3.22. The number of carbonyl (C=O) groups excluding carboxylic acids is 1. The van der Waals surface area contributed by atoms with Gasteiger partial charge in [-0.15, -0.1) is 0 Å². The van der Waals surface area contributed by atoms with Crippen LogP contribution in [0.1, 0.15) is 33.1 Å². The number of likely N-dealkylation sites (N-methyl/N-ethyl adjacent to an activating group) is 2. The van der Waals surface area contributed by atoms with Crippen LogP contribution in [0.2, 0.25) is 0 Å². The van der Waals surface area contributed by atoms with E-state index >= 15 is 0 Å². The van der Waals surface area contributed by atoms with Crippen molar-refractivity contribution in [3.8, 4) is 0 Å². The minimum absolute atomic E-state index is 0.0841. The summed E-state index contributed by atoms with van der Waals surface area (Å²) in [6.07, 6.45) is 1.43. The quantitative estimate of drug-likeness (QED) is 0.554. The van der Waals surface area contributed by atoms with Crippen LogP contribution in [0.3, 0.4) is 0 Å². The van der Waals surface area contributed by atoms with Crippen molar-refractivity contribution >= 4 is 11.9 Å². The van der Waals surface area contributed by atoms with Crippen LogP contribution in [0.5, 0.6) is 0 Å². The van der Waals surface area contributed by atoms with Crippen LogP contribution < -0.4 is 5.32 Å². The average Bonchev–Trinajstić information content (AvgIpc) is 2.37. The topological polar surface area (TPSA) is 72.9 Å². The van der Waals surface area contributed by atoms with Crippen molar-refractivity contribution in [3.05, 3.63) is 0 Å². The Labute approximate surface area is 128 Å².